The van der Waals surface area contributed by atoms with Crippen molar-refractivity contribution in [3.63, 3.8) is 0 Å². The number of halogens is 4. The van der Waals surface area contributed by atoms with Gasteiger partial charge in [0, 0.05) is 18.5 Å². The summed E-state index contributed by atoms with van der Waals surface area (Å²) in [4.78, 5) is 8.44. The van der Waals surface area contributed by atoms with E-state index in [1.165, 1.54) is 6.07 Å². The van der Waals surface area contributed by atoms with E-state index in [2.05, 4.69) is 20.6 Å². The van der Waals surface area contributed by atoms with Gasteiger partial charge in [-0.2, -0.15) is 8.78 Å². The molecular weight excluding hydrogens is 288 g/mol. The molecule has 0 radical (unpaired) electrons. The van der Waals surface area contributed by atoms with Gasteiger partial charge in [0.05, 0.1) is 6.54 Å². The summed E-state index contributed by atoms with van der Waals surface area (Å²) in [5.41, 5.74) is 0. The van der Waals surface area contributed by atoms with E-state index in [0.29, 0.717) is 18.2 Å². The first-order chi connectivity index (χ1) is 9.92. The molecule has 1 aliphatic carbocycles. The van der Waals surface area contributed by atoms with Gasteiger partial charge in [0.1, 0.15) is 17.5 Å². The minimum Gasteiger partial charge on any atom is -0.370 e. The number of alkyl halides is 4. The number of rotatable bonds is 8. The summed E-state index contributed by atoms with van der Waals surface area (Å²) >= 11 is 0. The van der Waals surface area contributed by atoms with Crippen LogP contribution >= 0.6 is 0 Å². The van der Waals surface area contributed by atoms with E-state index in [1.807, 2.05) is 6.92 Å². The van der Waals surface area contributed by atoms with Crippen LogP contribution in [0.25, 0.3) is 0 Å². The molecule has 0 amide bonds. The van der Waals surface area contributed by atoms with Crippen molar-refractivity contribution in [3.8, 4) is 0 Å². The molecule has 4 nitrogen and oxygen atoms in total. The molecule has 0 atom stereocenters. The van der Waals surface area contributed by atoms with Crippen molar-refractivity contribution in [3.05, 3.63) is 11.9 Å². The molecule has 1 aliphatic rings. The van der Waals surface area contributed by atoms with Crippen molar-refractivity contribution in [1.29, 1.82) is 0 Å². The van der Waals surface area contributed by atoms with Crippen LogP contribution in [0.15, 0.2) is 6.07 Å². The van der Waals surface area contributed by atoms with Gasteiger partial charge in [-0.05, 0) is 19.3 Å². The summed E-state index contributed by atoms with van der Waals surface area (Å²) in [6, 6.07) is 1.46. The lowest BCUT2D eigenvalue weighted by Gasteiger charge is -2.17. The topological polar surface area (TPSA) is 49.8 Å². The maximum Gasteiger partial charge on any atom is 0.324 e. The van der Waals surface area contributed by atoms with Crippen LogP contribution in [0.3, 0.4) is 0 Å². The fraction of sp³-hybridized carbons (Fsp3) is 0.692. The Morgan fingerprint density at radius 1 is 1.24 bits per heavy atom. The van der Waals surface area contributed by atoms with Crippen LogP contribution < -0.4 is 10.6 Å². The Hall–Kier alpha value is -1.60. The first-order valence-electron chi connectivity index (χ1n) is 6.95. The smallest absolute Gasteiger partial charge is 0.324 e. The number of anilines is 2. The van der Waals surface area contributed by atoms with E-state index in [9.17, 15) is 17.6 Å². The molecule has 0 unspecified atom stereocenters. The lowest BCUT2D eigenvalue weighted by atomic mass is 10.3. The number of hydrogen-bond donors (Lipinski definition) is 2. The van der Waals surface area contributed by atoms with Gasteiger partial charge < -0.3 is 10.6 Å². The molecule has 8 heteroatoms. The van der Waals surface area contributed by atoms with Crippen LogP contribution in [0.5, 0.6) is 0 Å². The summed E-state index contributed by atoms with van der Waals surface area (Å²) in [6.45, 7) is 1.52. The Kier molecular flexibility index (Phi) is 4.84. The fourth-order valence-electron chi connectivity index (χ4n) is 1.71. The second kappa shape index (κ2) is 6.44. The van der Waals surface area contributed by atoms with Crippen molar-refractivity contribution < 1.29 is 17.6 Å². The third-order valence-corrected chi connectivity index (χ3v) is 3.07. The molecule has 0 saturated heterocycles. The number of nitrogens with zero attached hydrogens (tertiary/aromatic N) is 2. The third kappa shape index (κ3) is 4.44. The molecule has 1 heterocycles. The normalized spacial score (nSPS) is 15.3. The highest BCUT2D eigenvalue weighted by Gasteiger charge is 2.40. The zero-order valence-corrected chi connectivity index (χ0v) is 11.7. The van der Waals surface area contributed by atoms with E-state index >= 15 is 0 Å². The predicted octanol–water partition coefficient (Wildman–Crippen LogP) is 3.49. The van der Waals surface area contributed by atoms with Crippen molar-refractivity contribution in [2.75, 3.05) is 23.7 Å². The molecule has 1 saturated carbocycles. The van der Waals surface area contributed by atoms with Crippen LogP contribution in [0.1, 0.15) is 37.9 Å². The van der Waals surface area contributed by atoms with Crippen LogP contribution in [-0.4, -0.2) is 35.4 Å². The van der Waals surface area contributed by atoms with E-state index < -0.39 is 18.9 Å². The predicted molar refractivity (Wildman–Crippen MR) is 72.2 cm³/mol. The average Bonchev–Trinajstić information content (AvgIpc) is 3.27. The average molecular weight is 306 g/mol. The highest BCUT2D eigenvalue weighted by atomic mass is 19.3. The van der Waals surface area contributed by atoms with Crippen LogP contribution in [-0.2, 0) is 0 Å². The van der Waals surface area contributed by atoms with E-state index in [1.54, 1.807) is 0 Å². The third-order valence-electron chi connectivity index (χ3n) is 3.07. The second-order valence-electron chi connectivity index (χ2n) is 5.11. The van der Waals surface area contributed by atoms with Gasteiger partial charge in [-0.1, -0.05) is 6.92 Å². The van der Waals surface area contributed by atoms with E-state index in [-0.39, 0.29) is 11.7 Å². The minimum atomic E-state index is -4.08. The summed E-state index contributed by atoms with van der Waals surface area (Å²) in [5, 5.41) is 5.34. The quantitative estimate of drug-likeness (QED) is 0.722. The van der Waals surface area contributed by atoms with Crippen molar-refractivity contribution in [1.82, 2.24) is 9.97 Å². The van der Waals surface area contributed by atoms with Gasteiger partial charge in [0.2, 0.25) is 0 Å². The fourth-order valence-corrected chi connectivity index (χ4v) is 1.71. The number of hydrogen-bond acceptors (Lipinski definition) is 4. The molecule has 1 aromatic heterocycles. The maximum atomic E-state index is 12.9. The first-order valence-corrected chi connectivity index (χ1v) is 6.95. The lowest BCUT2D eigenvalue weighted by Crippen LogP contribution is -2.35. The van der Waals surface area contributed by atoms with Gasteiger partial charge in [-0.15, -0.1) is 0 Å². The van der Waals surface area contributed by atoms with Gasteiger partial charge >= 0.3 is 12.3 Å². The highest BCUT2D eigenvalue weighted by molar-refractivity contribution is 5.48. The van der Waals surface area contributed by atoms with Crippen molar-refractivity contribution in [2.45, 2.75) is 44.5 Å². The highest BCUT2D eigenvalue weighted by Crippen LogP contribution is 2.39. The second-order valence-corrected chi connectivity index (χ2v) is 5.11. The Morgan fingerprint density at radius 3 is 2.38 bits per heavy atom. The summed E-state index contributed by atoms with van der Waals surface area (Å²) in [6.07, 6.45) is -0.893. The Morgan fingerprint density at radius 2 is 1.86 bits per heavy atom. The minimum absolute atomic E-state index is 0.144. The zero-order valence-electron chi connectivity index (χ0n) is 11.7. The molecule has 118 valence electrons. The summed E-state index contributed by atoms with van der Waals surface area (Å²) in [5.74, 6) is -2.60. The Balaban J connectivity index is 2.08. The molecule has 1 aromatic rings. The standard InChI is InChI=1S/C13H18F4N4/c1-2-5-18-9-6-10(19-7-13(16,17)12(14)15)21-11(20-9)8-3-4-8/h6,8,12H,2-5,7H2,1H3,(H2,18,19,20,21). The number of nitrogens with one attached hydrogen (secondary N) is 2. The maximum absolute atomic E-state index is 12.9. The molecule has 0 spiro atoms. The van der Waals surface area contributed by atoms with Gasteiger partial charge in [-0.25, -0.2) is 18.7 Å². The van der Waals surface area contributed by atoms with Gasteiger partial charge in [0.15, 0.2) is 0 Å². The van der Waals surface area contributed by atoms with Crippen molar-refractivity contribution >= 4 is 11.6 Å². The van der Waals surface area contributed by atoms with Crippen molar-refractivity contribution in [2.24, 2.45) is 0 Å². The first kappa shape index (κ1) is 15.8. The molecular formula is C13H18F4N4. The SMILES string of the molecule is CCCNc1cc(NCC(F)(F)C(F)F)nc(C2CC2)n1. The molecule has 0 aromatic carbocycles. The Bertz CT molecular complexity index is 477. The van der Waals surface area contributed by atoms with Crippen LogP contribution in [0.2, 0.25) is 0 Å². The van der Waals surface area contributed by atoms with E-state index in [4.69, 9.17) is 0 Å². The van der Waals surface area contributed by atoms with Crippen LogP contribution in [0, 0.1) is 0 Å². The molecule has 0 aliphatic heterocycles. The molecule has 0 bridgehead atoms. The summed E-state index contributed by atoms with van der Waals surface area (Å²) < 4.78 is 50.2. The molecule has 1 fully saturated rings. The Labute approximate surface area is 120 Å². The summed E-state index contributed by atoms with van der Waals surface area (Å²) in [7, 11) is 0. The molecule has 21 heavy (non-hydrogen) atoms. The zero-order chi connectivity index (χ0) is 15.5. The van der Waals surface area contributed by atoms with Crippen LogP contribution in [0.4, 0.5) is 29.2 Å². The lowest BCUT2D eigenvalue weighted by molar-refractivity contribution is -0.117. The van der Waals surface area contributed by atoms with Gasteiger partial charge in [-0.3, -0.25) is 0 Å². The van der Waals surface area contributed by atoms with Gasteiger partial charge in [0.25, 0.3) is 0 Å². The number of aromatic nitrogens is 2. The monoisotopic (exact) mass is 306 g/mol. The molecule has 2 rings (SSSR count). The largest absolute Gasteiger partial charge is 0.370 e. The van der Waals surface area contributed by atoms with E-state index in [0.717, 1.165) is 19.3 Å². The molecule has 2 N–H and O–H groups in total.